The summed E-state index contributed by atoms with van der Waals surface area (Å²) in [6.07, 6.45) is 6.23. The summed E-state index contributed by atoms with van der Waals surface area (Å²) in [5.74, 6) is 1.81. The van der Waals surface area contributed by atoms with E-state index >= 15 is 0 Å². The summed E-state index contributed by atoms with van der Waals surface area (Å²) in [6.45, 7) is 6.83. The summed E-state index contributed by atoms with van der Waals surface area (Å²) >= 11 is 0. The van der Waals surface area contributed by atoms with Gasteiger partial charge in [-0.1, -0.05) is 12.1 Å². The lowest BCUT2D eigenvalue weighted by Crippen LogP contribution is -2.43. The Hall–Kier alpha value is -1.10. The first-order valence-electron chi connectivity index (χ1n) is 9.88. The second-order valence-electron chi connectivity index (χ2n) is 7.67. The van der Waals surface area contributed by atoms with Gasteiger partial charge in [-0.15, -0.1) is 0 Å². The molecule has 0 bridgehead atoms. The lowest BCUT2D eigenvalue weighted by Gasteiger charge is -2.37. The number of methoxy groups -OCH3 is 1. The summed E-state index contributed by atoms with van der Waals surface area (Å²) < 4.78 is 10.7. The molecule has 4 nitrogen and oxygen atoms in total. The first kappa shape index (κ1) is 18.7. The van der Waals surface area contributed by atoms with E-state index in [9.17, 15) is 0 Å². The minimum absolute atomic E-state index is 0.738. The number of benzene rings is 1. The van der Waals surface area contributed by atoms with Crippen LogP contribution in [0.1, 0.15) is 31.2 Å². The van der Waals surface area contributed by atoms with Gasteiger partial charge in [0.15, 0.2) is 0 Å². The molecular formula is C21H34N2O2. The predicted molar refractivity (Wildman–Crippen MR) is 102 cm³/mol. The van der Waals surface area contributed by atoms with Gasteiger partial charge in [0.25, 0.3) is 0 Å². The van der Waals surface area contributed by atoms with Gasteiger partial charge < -0.3 is 19.3 Å². The summed E-state index contributed by atoms with van der Waals surface area (Å²) in [5, 5.41) is 0. The zero-order valence-electron chi connectivity index (χ0n) is 16.0. The van der Waals surface area contributed by atoms with E-state index in [0.717, 1.165) is 37.3 Å². The number of ether oxygens (including phenoxy) is 2. The van der Waals surface area contributed by atoms with E-state index in [2.05, 4.69) is 41.1 Å². The molecule has 0 aliphatic carbocycles. The third-order valence-corrected chi connectivity index (χ3v) is 5.94. The molecule has 0 atom stereocenters. The molecule has 2 fully saturated rings. The van der Waals surface area contributed by atoms with Crippen LogP contribution in [0.2, 0.25) is 0 Å². The van der Waals surface area contributed by atoms with Crippen LogP contribution in [0.25, 0.3) is 0 Å². The van der Waals surface area contributed by atoms with Crippen molar-refractivity contribution in [1.82, 2.24) is 9.80 Å². The van der Waals surface area contributed by atoms with Gasteiger partial charge in [-0.05, 0) is 75.9 Å². The Labute approximate surface area is 153 Å². The van der Waals surface area contributed by atoms with E-state index in [1.54, 1.807) is 7.11 Å². The van der Waals surface area contributed by atoms with E-state index in [4.69, 9.17) is 9.47 Å². The fraction of sp³-hybridized carbons (Fsp3) is 0.714. The molecule has 2 aliphatic rings. The lowest BCUT2D eigenvalue weighted by molar-refractivity contribution is 0.0337. The van der Waals surface area contributed by atoms with Gasteiger partial charge in [0.1, 0.15) is 5.75 Å². The van der Waals surface area contributed by atoms with Crippen molar-refractivity contribution in [3.63, 3.8) is 0 Å². The van der Waals surface area contributed by atoms with Crippen LogP contribution in [0.15, 0.2) is 24.3 Å². The van der Waals surface area contributed by atoms with E-state index < -0.39 is 0 Å². The Kier molecular flexibility index (Phi) is 7.14. The van der Waals surface area contributed by atoms with Crippen molar-refractivity contribution in [3.8, 4) is 5.75 Å². The maximum absolute atomic E-state index is 5.49. The van der Waals surface area contributed by atoms with E-state index in [1.165, 1.54) is 57.4 Å². The van der Waals surface area contributed by atoms with Crippen molar-refractivity contribution >= 4 is 0 Å². The Morgan fingerprint density at radius 3 is 2.40 bits per heavy atom. The van der Waals surface area contributed by atoms with Gasteiger partial charge >= 0.3 is 0 Å². The van der Waals surface area contributed by atoms with Crippen molar-refractivity contribution < 1.29 is 9.47 Å². The highest BCUT2D eigenvalue weighted by atomic mass is 16.5. The molecule has 1 aromatic carbocycles. The van der Waals surface area contributed by atoms with Crippen LogP contribution in [0.3, 0.4) is 0 Å². The van der Waals surface area contributed by atoms with Crippen molar-refractivity contribution in [3.05, 3.63) is 29.8 Å². The highest BCUT2D eigenvalue weighted by Gasteiger charge is 2.24. The largest absolute Gasteiger partial charge is 0.497 e. The van der Waals surface area contributed by atoms with Gasteiger partial charge in [-0.3, -0.25) is 0 Å². The second-order valence-corrected chi connectivity index (χ2v) is 7.67. The Balaban J connectivity index is 1.35. The molecule has 0 spiro atoms. The molecule has 4 heteroatoms. The molecule has 0 N–H and O–H groups in total. The number of hydrogen-bond donors (Lipinski definition) is 0. The van der Waals surface area contributed by atoms with Crippen LogP contribution in [0, 0.1) is 5.92 Å². The second kappa shape index (κ2) is 9.56. The molecule has 25 heavy (non-hydrogen) atoms. The monoisotopic (exact) mass is 346 g/mol. The van der Waals surface area contributed by atoms with Crippen molar-refractivity contribution in [2.45, 2.75) is 38.1 Å². The minimum atomic E-state index is 0.738. The first-order chi connectivity index (χ1) is 12.2. The molecule has 0 unspecified atom stereocenters. The van der Waals surface area contributed by atoms with Gasteiger partial charge in [-0.25, -0.2) is 0 Å². The quantitative estimate of drug-likeness (QED) is 0.758. The van der Waals surface area contributed by atoms with Crippen LogP contribution in [0.5, 0.6) is 5.75 Å². The first-order valence-corrected chi connectivity index (χ1v) is 9.88. The van der Waals surface area contributed by atoms with Gasteiger partial charge in [-0.2, -0.15) is 0 Å². The molecule has 2 heterocycles. The van der Waals surface area contributed by atoms with Gasteiger partial charge in [0.05, 0.1) is 7.11 Å². The molecule has 0 aromatic heterocycles. The molecule has 0 radical (unpaired) electrons. The molecule has 0 amide bonds. The highest BCUT2D eigenvalue weighted by molar-refractivity contribution is 5.27. The highest BCUT2D eigenvalue weighted by Crippen LogP contribution is 2.21. The molecule has 140 valence electrons. The molecule has 1 aromatic rings. The predicted octanol–water partition coefficient (Wildman–Crippen LogP) is 3.06. The van der Waals surface area contributed by atoms with Crippen LogP contribution >= 0.6 is 0 Å². The van der Waals surface area contributed by atoms with Crippen molar-refractivity contribution in [2.24, 2.45) is 5.92 Å². The average Bonchev–Trinajstić information content (AvgIpc) is 2.68. The summed E-state index contributed by atoms with van der Waals surface area (Å²) in [4.78, 5) is 5.23. The molecule has 0 saturated carbocycles. The zero-order valence-corrected chi connectivity index (χ0v) is 16.0. The van der Waals surface area contributed by atoms with Crippen LogP contribution in [-0.2, 0) is 11.2 Å². The Morgan fingerprint density at radius 2 is 1.76 bits per heavy atom. The third kappa shape index (κ3) is 5.70. The maximum Gasteiger partial charge on any atom is 0.118 e. The van der Waals surface area contributed by atoms with Gasteiger partial charge in [0, 0.05) is 32.3 Å². The summed E-state index contributed by atoms with van der Waals surface area (Å²) in [6, 6.07) is 9.24. The topological polar surface area (TPSA) is 24.9 Å². The Morgan fingerprint density at radius 1 is 1.08 bits per heavy atom. The van der Waals surface area contributed by atoms with Crippen LogP contribution in [0.4, 0.5) is 0 Å². The zero-order chi connectivity index (χ0) is 17.5. The fourth-order valence-corrected chi connectivity index (χ4v) is 4.15. The number of hydrogen-bond acceptors (Lipinski definition) is 4. The van der Waals surface area contributed by atoms with Crippen LogP contribution in [-0.4, -0.2) is 69.4 Å². The van der Waals surface area contributed by atoms with Crippen LogP contribution < -0.4 is 4.74 Å². The normalized spacial score (nSPS) is 20.9. The lowest BCUT2D eigenvalue weighted by atomic mass is 9.94. The maximum atomic E-state index is 5.49. The van der Waals surface area contributed by atoms with Crippen molar-refractivity contribution in [2.75, 3.05) is 53.6 Å². The molecule has 2 saturated heterocycles. The number of nitrogens with zero attached hydrogens (tertiary/aromatic N) is 2. The van der Waals surface area contributed by atoms with Crippen molar-refractivity contribution in [1.29, 1.82) is 0 Å². The Bertz CT molecular complexity index is 491. The summed E-state index contributed by atoms with van der Waals surface area (Å²) in [5.41, 5.74) is 1.40. The van der Waals surface area contributed by atoms with E-state index in [0.29, 0.717) is 0 Å². The third-order valence-electron chi connectivity index (χ3n) is 5.94. The SMILES string of the molecule is COc1ccc(CCN2CCC(CN(C)C3CCOCC3)CC2)cc1. The van der Waals surface area contributed by atoms with E-state index in [-0.39, 0.29) is 0 Å². The number of likely N-dealkylation sites (tertiary alicyclic amines) is 1. The van der Waals surface area contributed by atoms with E-state index in [1.807, 2.05) is 0 Å². The molecular weight excluding hydrogens is 312 g/mol. The molecule has 2 aliphatic heterocycles. The number of piperidine rings is 1. The average molecular weight is 347 g/mol. The fourth-order valence-electron chi connectivity index (χ4n) is 4.15. The smallest absolute Gasteiger partial charge is 0.118 e. The number of rotatable bonds is 7. The standard InChI is InChI=1S/C21H34N2O2/c1-22(20-10-15-25-16-11-20)17-19-8-13-23(14-9-19)12-7-18-3-5-21(24-2)6-4-18/h3-6,19-20H,7-17H2,1-2H3. The summed E-state index contributed by atoms with van der Waals surface area (Å²) in [7, 11) is 4.03. The van der Waals surface area contributed by atoms with Gasteiger partial charge in [0.2, 0.25) is 0 Å². The molecule has 3 rings (SSSR count). The minimum Gasteiger partial charge on any atom is -0.497 e.